The summed E-state index contributed by atoms with van der Waals surface area (Å²) in [7, 11) is -3.89. The predicted octanol–water partition coefficient (Wildman–Crippen LogP) is 1.25. The summed E-state index contributed by atoms with van der Waals surface area (Å²) in [6.45, 7) is 7.31. The van der Waals surface area contributed by atoms with Crippen LogP contribution in [0.1, 0.15) is 57.1 Å². The van der Waals surface area contributed by atoms with Gasteiger partial charge in [-0.3, -0.25) is 19.1 Å². The van der Waals surface area contributed by atoms with Crippen LogP contribution in [-0.2, 0) is 46.8 Å². The average Bonchev–Trinajstić information content (AvgIpc) is 3.93. The first kappa shape index (κ1) is 33.2. The number of hydrogen-bond donors (Lipinski definition) is 4. The lowest BCUT2D eigenvalue weighted by Gasteiger charge is -2.31. The molecule has 15 heteroatoms. The maximum Gasteiger partial charge on any atom is 0.407 e. The molecule has 3 fully saturated rings. The molecule has 5 atom stereocenters. The topological polar surface area (TPSA) is 189 Å². The number of carbonyl (C=O) groups is 5. The van der Waals surface area contributed by atoms with Crippen LogP contribution < -0.4 is 20.7 Å². The fourth-order valence-electron chi connectivity index (χ4n) is 5.96. The molecule has 2 heterocycles. The smallest absolute Gasteiger partial charge is 0.407 e. The number of amides is 5. The molecule has 2 aliphatic heterocycles. The molecule has 5 rings (SSSR count). The minimum atomic E-state index is -3.89. The summed E-state index contributed by atoms with van der Waals surface area (Å²) < 4.78 is 38.1. The molecule has 1 unspecified atom stereocenters. The zero-order valence-corrected chi connectivity index (χ0v) is 26.8. The second-order valence-corrected chi connectivity index (χ2v) is 14.7. The third-order valence-corrected chi connectivity index (χ3v) is 10.7. The van der Waals surface area contributed by atoms with Gasteiger partial charge in [0.1, 0.15) is 23.7 Å². The van der Waals surface area contributed by atoms with E-state index >= 15 is 0 Å². The van der Waals surface area contributed by atoms with Gasteiger partial charge in [-0.2, -0.15) is 0 Å². The standard InChI is InChI=1S/C31H41N5O9S/c1-4-21-15-31(21,28(39)35-46(42,43)23-10-11-23)34-26(37)24-14-22-17-36(24)27(38)25(18(2)3)33-30(41)44-12-6-9-19-7-5-8-20(13-19)16-32-29(40)45-22/h4-5,7-8,13,18,21-25H,1,6,9-12,14-17H2,2-3H3,(H,32,40)(H,33,41)(H,34,37)(H,35,39)/t21?,22-,24+,25+,31-/m1/s1. The third kappa shape index (κ3) is 7.45. The highest BCUT2D eigenvalue weighted by molar-refractivity contribution is 7.91. The van der Waals surface area contributed by atoms with Crippen molar-refractivity contribution in [1.82, 2.24) is 25.6 Å². The molecule has 1 aromatic carbocycles. The lowest BCUT2D eigenvalue weighted by molar-refractivity contribution is -0.141. The van der Waals surface area contributed by atoms with Gasteiger partial charge in [-0.25, -0.2) is 18.0 Å². The Balaban J connectivity index is 1.37. The maximum absolute atomic E-state index is 13.9. The van der Waals surface area contributed by atoms with E-state index in [1.54, 1.807) is 13.8 Å². The van der Waals surface area contributed by atoms with Gasteiger partial charge in [-0.05, 0) is 49.1 Å². The Labute approximate surface area is 268 Å². The molecular weight excluding hydrogens is 618 g/mol. The normalized spacial score (nSPS) is 28.8. The summed E-state index contributed by atoms with van der Waals surface area (Å²) in [4.78, 5) is 67.8. The van der Waals surface area contributed by atoms with Crippen LogP contribution in [-0.4, -0.2) is 85.4 Å². The lowest BCUT2D eigenvalue weighted by atomic mass is 10.0. The van der Waals surface area contributed by atoms with Crippen LogP contribution in [0.2, 0.25) is 0 Å². The molecular formula is C31H41N5O9S. The second kappa shape index (κ2) is 13.3. The van der Waals surface area contributed by atoms with Gasteiger partial charge in [0.05, 0.1) is 18.4 Å². The van der Waals surface area contributed by atoms with Crippen LogP contribution >= 0.6 is 0 Å². The Hall–Kier alpha value is -4.14. The minimum Gasteiger partial charge on any atom is -0.450 e. The lowest BCUT2D eigenvalue weighted by Crippen LogP contribution is -2.59. The molecule has 4 aliphatic rings. The van der Waals surface area contributed by atoms with Crippen LogP contribution in [0.25, 0.3) is 0 Å². The highest BCUT2D eigenvalue weighted by Crippen LogP contribution is 2.45. The number of fused-ring (bicyclic) bond motifs is 4. The molecule has 2 aliphatic carbocycles. The highest BCUT2D eigenvalue weighted by Gasteiger charge is 2.62. The van der Waals surface area contributed by atoms with Gasteiger partial charge in [0.15, 0.2) is 0 Å². The van der Waals surface area contributed by atoms with Gasteiger partial charge in [0.25, 0.3) is 5.91 Å². The molecule has 14 nitrogen and oxygen atoms in total. The van der Waals surface area contributed by atoms with Crippen molar-refractivity contribution < 1.29 is 41.9 Å². The number of carbonyl (C=O) groups excluding carboxylic acids is 5. The van der Waals surface area contributed by atoms with Crippen molar-refractivity contribution in [2.45, 2.75) is 87.9 Å². The number of nitrogens with zero attached hydrogens (tertiary/aromatic N) is 1. The van der Waals surface area contributed by atoms with Crippen molar-refractivity contribution in [2.24, 2.45) is 11.8 Å². The maximum atomic E-state index is 13.9. The molecule has 46 heavy (non-hydrogen) atoms. The van der Waals surface area contributed by atoms with Gasteiger partial charge >= 0.3 is 12.2 Å². The Morgan fingerprint density at radius 2 is 1.89 bits per heavy atom. The van der Waals surface area contributed by atoms with E-state index in [0.717, 1.165) is 11.1 Å². The second-order valence-electron chi connectivity index (χ2n) is 12.7. The number of nitrogens with one attached hydrogen (secondary N) is 4. The first-order chi connectivity index (χ1) is 21.8. The summed E-state index contributed by atoms with van der Waals surface area (Å²) in [5, 5.41) is 7.37. The monoisotopic (exact) mass is 659 g/mol. The van der Waals surface area contributed by atoms with E-state index in [2.05, 4.69) is 27.3 Å². The van der Waals surface area contributed by atoms with Crippen molar-refractivity contribution in [2.75, 3.05) is 13.2 Å². The highest BCUT2D eigenvalue weighted by atomic mass is 32.2. The van der Waals surface area contributed by atoms with Crippen molar-refractivity contribution in [1.29, 1.82) is 0 Å². The molecule has 250 valence electrons. The van der Waals surface area contributed by atoms with E-state index in [1.807, 2.05) is 24.3 Å². The van der Waals surface area contributed by atoms with E-state index in [4.69, 9.17) is 9.47 Å². The van der Waals surface area contributed by atoms with E-state index in [0.29, 0.717) is 25.7 Å². The molecule has 4 bridgehead atoms. The number of ether oxygens (including phenoxy) is 2. The van der Waals surface area contributed by atoms with Gasteiger partial charge in [-0.1, -0.05) is 44.2 Å². The number of sulfonamides is 1. The van der Waals surface area contributed by atoms with E-state index < -0.39 is 80.7 Å². The summed E-state index contributed by atoms with van der Waals surface area (Å²) in [6, 6.07) is 5.32. The summed E-state index contributed by atoms with van der Waals surface area (Å²) in [6.07, 6.45) is 1.16. The van der Waals surface area contributed by atoms with Crippen LogP contribution in [0, 0.1) is 11.8 Å². The number of benzene rings is 1. The first-order valence-corrected chi connectivity index (χ1v) is 17.1. The Bertz CT molecular complexity index is 1510. The molecule has 5 amide bonds. The van der Waals surface area contributed by atoms with Gasteiger partial charge < -0.3 is 30.3 Å². The summed E-state index contributed by atoms with van der Waals surface area (Å²) in [5.41, 5.74) is 0.272. The number of aryl methyl sites for hydroxylation is 1. The number of cyclic esters (lactones) is 1. The zero-order valence-electron chi connectivity index (χ0n) is 26.0. The van der Waals surface area contributed by atoms with Gasteiger partial charge in [-0.15, -0.1) is 6.58 Å². The zero-order chi connectivity index (χ0) is 33.2. The predicted molar refractivity (Wildman–Crippen MR) is 164 cm³/mol. The van der Waals surface area contributed by atoms with Crippen LogP contribution in [0.15, 0.2) is 36.9 Å². The van der Waals surface area contributed by atoms with Crippen LogP contribution in [0.3, 0.4) is 0 Å². The molecule has 1 saturated heterocycles. The Morgan fingerprint density at radius 1 is 1.15 bits per heavy atom. The van der Waals surface area contributed by atoms with Gasteiger partial charge in [0.2, 0.25) is 21.8 Å². The van der Waals surface area contributed by atoms with E-state index in [-0.39, 0.29) is 32.5 Å². The molecule has 0 aromatic heterocycles. The quantitative estimate of drug-likeness (QED) is 0.312. The van der Waals surface area contributed by atoms with Crippen molar-refractivity contribution in [3.05, 3.63) is 48.0 Å². The largest absolute Gasteiger partial charge is 0.450 e. The molecule has 1 aromatic rings. The van der Waals surface area contributed by atoms with Crippen molar-refractivity contribution in [3.63, 3.8) is 0 Å². The molecule has 2 saturated carbocycles. The SMILES string of the molecule is C=CC1C[C@]1(NC(=O)[C@@H]1C[C@@H]2CN1C(=O)[C@H](C(C)C)NC(=O)OCCCc1cccc(c1)CNC(=O)O2)C(=O)NS(=O)(=O)C1CC1. The van der Waals surface area contributed by atoms with Crippen LogP contribution in [0.5, 0.6) is 0 Å². The third-order valence-electron chi connectivity index (χ3n) is 8.85. The van der Waals surface area contributed by atoms with Crippen molar-refractivity contribution in [3.8, 4) is 0 Å². The Morgan fingerprint density at radius 3 is 2.57 bits per heavy atom. The molecule has 4 N–H and O–H groups in total. The fourth-order valence-corrected chi connectivity index (χ4v) is 7.32. The van der Waals surface area contributed by atoms with Crippen molar-refractivity contribution >= 4 is 39.9 Å². The minimum absolute atomic E-state index is 0.0907. The average molecular weight is 660 g/mol. The van der Waals surface area contributed by atoms with Gasteiger partial charge in [0, 0.05) is 18.9 Å². The first-order valence-electron chi connectivity index (χ1n) is 15.6. The number of hydrogen-bond acceptors (Lipinski definition) is 9. The van der Waals surface area contributed by atoms with E-state index in [1.165, 1.54) is 11.0 Å². The summed E-state index contributed by atoms with van der Waals surface area (Å²) >= 11 is 0. The van der Waals surface area contributed by atoms with E-state index in [9.17, 15) is 32.4 Å². The van der Waals surface area contributed by atoms with Crippen LogP contribution in [0.4, 0.5) is 9.59 Å². The molecule has 0 spiro atoms. The Kier molecular flexibility index (Phi) is 9.61. The summed E-state index contributed by atoms with van der Waals surface area (Å²) in [5.74, 6) is -3.13. The fraction of sp³-hybridized carbons (Fsp3) is 0.581. The number of rotatable bonds is 7. The molecule has 0 radical (unpaired) electrons. The number of alkyl carbamates (subject to hydrolysis) is 2.